The first-order valence-corrected chi connectivity index (χ1v) is 9.53. The highest BCUT2D eigenvalue weighted by molar-refractivity contribution is 6.32. The zero-order valence-electron chi connectivity index (χ0n) is 15.3. The molecule has 2 aromatic heterocycles. The minimum Gasteiger partial charge on any atom is -0.383 e. The first-order chi connectivity index (χ1) is 13.4. The first kappa shape index (κ1) is 18.5. The predicted molar refractivity (Wildman–Crippen MR) is 115 cm³/mol. The van der Waals surface area contributed by atoms with Crippen molar-refractivity contribution in [3.8, 4) is 16.9 Å². The molecule has 2 aromatic carbocycles. The van der Waals surface area contributed by atoms with Gasteiger partial charge in [0, 0.05) is 16.6 Å². The average molecular weight is 413 g/mol. The lowest BCUT2D eigenvalue weighted by molar-refractivity contribution is 0.872. The molecule has 6 nitrogen and oxygen atoms in total. The van der Waals surface area contributed by atoms with Crippen molar-refractivity contribution in [3.63, 3.8) is 0 Å². The van der Waals surface area contributed by atoms with Gasteiger partial charge in [0.1, 0.15) is 5.82 Å². The van der Waals surface area contributed by atoms with E-state index in [2.05, 4.69) is 15.4 Å². The number of aromatic nitrogens is 4. The van der Waals surface area contributed by atoms with E-state index < -0.39 is 0 Å². The van der Waals surface area contributed by atoms with Crippen LogP contribution in [0.2, 0.25) is 10.0 Å². The molecule has 0 saturated heterocycles. The Morgan fingerprint density at radius 2 is 1.82 bits per heavy atom. The fraction of sp³-hybridized carbons (Fsp3) is 0.150. The number of nitrogens with zero attached hydrogens (tertiary/aromatic N) is 4. The number of fused-ring (bicyclic) bond motifs is 1. The maximum Gasteiger partial charge on any atom is 0.225 e. The summed E-state index contributed by atoms with van der Waals surface area (Å²) in [6.45, 7) is 4.03. The summed E-state index contributed by atoms with van der Waals surface area (Å²) in [5.74, 6) is 0.885. The Labute approximate surface area is 172 Å². The molecule has 0 saturated carbocycles. The van der Waals surface area contributed by atoms with Crippen LogP contribution < -0.4 is 11.1 Å². The number of nitrogen functional groups attached to an aromatic ring is 1. The van der Waals surface area contributed by atoms with Crippen molar-refractivity contribution in [2.75, 3.05) is 11.1 Å². The van der Waals surface area contributed by atoms with Crippen LogP contribution in [-0.2, 0) is 0 Å². The number of anilines is 2. The van der Waals surface area contributed by atoms with Crippen LogP contribution in [0.3, 0.4) is 0 Å². The number of halogens is 2. The Morgan fingerprint density at radius 3 is 2.54 bits per heavy atom. The molecule has 0 atom stereocenters. The lowest BCUT2D eigenvalue weighted by Crippen LogP contribution is -2.13. The second-order valence-electron chi connectivity index (χ2n) is 6.65. The van der Waals surface area contributed by atoms with Crippen molar-refractivity contribution in [1.29, 1.82) is 0 Å². The number of nitrogens with two attached hydrogens (primary N) is 1. The summed E-state index contributed by atoms with van der Waals surface area (Å²) in [6, 6.07) is 15.0. The second kappa shape index (κ2) is 7.30. The summed E-state index contributed by atoms with van der Waals surface area (Å²) in [7, 11) is 0. The topological polar surface area (TPSA) is 81.6 Å². The maximum absolute atomic E-state index is 6.48. The highest BCUT2D eigenvalue weighted by atomic mass is 35.5. The zero-order valence-corrected chi connectivity index (χ0v) is 16.8. The maximum atomic E-state index is 6.48. The molecule has 8 heteroatoms. The molecule has 4 aromatic rings. The third-order valence-electron chi connectivity index (χ3n) is 4.17. The highest BCUT2D eigenvalue weighted by Crippen LogP contribution is 2.34. The molecule has 0 amide bonds. The molecule has 0 fully saturated rings. The highest BCUT2D eigenvalue weighted by Gasteiger charge is 2.20. The van der Waals surface area contributed by atoms with Crippen LogP contribution in [0.15, 0.2) is 48.5 Å². The van der Waals surface area contributed by atoms with Crippen molar-refractivity contribution in [1.82, 2.24) is 19.7 Å². The molecule has 0 aliphatic heterocycles. The smallest absolute Gasteiger partial charge is 0.225 e. The number of hydrogen-bond donors (Lipinski definition) is 2. The van der Waals surface area contributed by atoms with E-state index >= 15 is 0 Å². The first-order valence-electron chi connectivity index (χ1n) is 8.77. The van der Waals surface area contributed by atoms with E-state index in [-0.39, 0.29) is 6.04 Å². The summed E-state index contributed by atoms with van der Waals surface area (Å²) in [4.78, 5) is 9.25. The van der Waals surface area contributed by atoms with Crippen molar-refractivity contribution in [3.05, 3.63) is 58.6 Å². The predicted octanol–water partition coefficient (Wildman–Crippen LogP) is 5.19. The Morgan fingerprint density at radius 1 is 1.04 bits per heavy atom. The van der Waals surface area contributed by atoms with Crippen molar-refractivity contribution < 1.29 is 0 Å². The summed E-state index contributed by atoms with van der Waals surface area (Å²) >= 11 is 12.6. The van der Waals surface area contributed by atoms with E-state index in [1.54, 1.807) is 10.7 Å². The number of nitrogens with one attached hydrogen (secondary N) is 1. The van der Waals surface area contributed by atoms with Gasteiger partial charge < -0.3 is 11.1 Å². The Bertz CT molecular complexity index is 1170. The molecule has 0 radical (unpaired) electrons. The van der Waals surface area contributed by atoms with Crippen molar-refractivity contribution >= 4 is 46.0 Å². The van der Waals surface area contributed by atoms with Gasteiger partial charge in [-0.15, -0.1) is 5.10 Å². The monoisotopic (exact) mass is 412 g/mol. The Balaban J connectivity index is 2.02. The molecule has 0 spiro atoms. The second-order valence-corrected chi connectivity index (χ2v) is 7.50. The third kappa shape index (κ3) is 3.37. The number of hydrogen-bond acceptors (Lipinski definition) is 5. The fourth-order valence-electron chi connectivity index (χ4n) is 2.99. The van der Waals surface area contributed by atoms with Crippen LogP contribution in [0.5, 0.6) is 0 Å². The molecule has 2 heterocycles. The molecule has 28 heavy (non-hydrogen) atoms. The third-order valence-corrected chi connectivity index (χ3v) is 4.72. The molecule has 0 aliphatic rings. The minimum absolute atomic E-state index is 0.160. The summed E-state index contributed by atoms with van der Waals surface area (Å²) in [5, 5.41) is 9.64. The summed E-state index contributed by atoms with van der Waals surface area (Å²) < 4.78 is 1.59. The van der Waals surface area contributed by atoms with Crippen LogP contribution in [0.25, 0.3) is 28.0 Å². The van der Waals surface area contributed by atoms with Gasteiger partial charge in [-0.1, -0.05) is 47.5 Å². The van der Waals surface area contributed by atoms with Crippen LogP contribution in [0.1, 0.15) is 13.8 Å². The van der Waals surface area contributed by atoms with Gasteiger partial charge in [0.2, 0.25) is 5.95 Å². The van der Waals surface area contributed by atoms with Crippen molar-refractivity contribution in [2.45, 2.75) is 19.9 Å². The van der Waals surface area contributed by atoms with E-state index in [1.165, 1.54) is 0 Å². The van der Waals surface area contributed by atoms with E-state index in [4.69, 9.17) is 33.9 Å². The van der Waals surface area contributed by atoms with E-state index in [9.17, 15) is 0 Å². The summed E-state index contributed by atoms with van der Waals surface area (Å²) in [6.07, 6.45) is 0. The van der Waals surface area contributed by atoms with Gasteiger partial charge in [0.15, 0.2) is 5.65 Å². The molecule has 0 unspecified atom stereocenters. The molecule has 0 aliphatic carbocycles. The molecule has 142 valence electrons. The van der Waals surface area contributed by atoms with Crippen LogP contribution in [0, 0.1) is 0 Å². The van der Waals surface area contributed by atoms with Gasteiger partial charge in [0.05, 0.1) is 21.8 Å². The van der Waals surface area contributed by atoms with Crippen LogP contribution in [0.4, 0.5) is 11.8 Å². The van der Waals surface area contributed by atoms with Gasteiger partial charge in [-0.05, 0) is 38.1 Å². The molecule has 4 rings (SSSR count). The van der Waals surface area contributed by atoms with E-state index in [0.717, 1.165) is 5.56 Å². The SMILES string of the molecule is CC(C)Nc1nc(-c2cccc(Cl)c2)c2c(N)n(-c3ccccc3Cl)nc2n1. The lowest BCUT2D eigenvalue weighted by atomic mass is 10.1. The van der Waals surface area contributed by atoms with Crippen molar-refractivity contribution in [2.24, 2.45) is 0 Å². The Hall–Kier alpha value is -2.83. The lowest BCUT2D eigenvalue weighted by Gasteiger charge is -2.10. The minimum atomic E-state index is 0.160. The fourth-order valence-corrected chi connectivity index (χ4v) is 3.39. The molecular weight excluding hydrogens is 395 g/mol. The standard InChI is InChI=1S/C20H18Cl2N6/c1-11(2)24-20-25-17(12-6-5-7-13(21)10-12)16-18(23)28(27-19(16)26-20)15-9-4-3-8-14(15)22/h3-11H,23H2,1-2H3,(H,24,26,27). The van der Waals surface area contributed by atoms with Gasteiger partial charge in [-0.25, -0.2) is 9.67 Å². The van der Waals surface area contributed by atoms with Crippen LogP contribution >= 0.6 is 23.2 Å². The molecular formula is C20H18Cl2N6. The quantitative estimate of drug-likeness (QED) is 0.481. The number of benzene rings is 2. The number of para-hydroxylation sites is 1. The van der Waals surface area contributed by atoms with Gasteiger partial charge >= 0.3 is 0 Å². The van der Waals surface area contributed by atoms with Gasteiger partial charge in [-0.3, -0.25) is 0 Å². The number of rotatable bonds is 4. The molecule has 0 bridgehead atoms. The van der Waals surface area contributed by atoms with Crippen LogP contribution in [-0.4, -0.2) is 25.8 Å². The molecule has 3 N–H and O–H groups in total. The summed E-state index contributed by atoms with van der Waals surface area (Å²) in [5.41, 5.74) is 9.12. The van der Waals surface area contributed by atoms with E-state index in [0.29, 0.717) is 44.2 Å². The largest absolute Gasteiger partial charge is 0.383 e. The average Bonchev–Trinajstić information content (AvgIpc) is 2.97. The normalized spacial score (nSPS) is 11.3. The van der Waals surface area contributed by atoms with Gasteiger partial charge in [0.25, 0.3) is 0 Å². The van der Waals surface area contributed by atoms with E-state index in [1.807, 2.05) is 56.3 Å². The zero-order chi connectivity index (χ0) is 19.8. The Kier molecular flexibility index (Phi) is 4.83. The van der Waals surface area contributed by atoms with Gasteiger partial charge in [-0.2, -0.15) is 4.98 Å².